The first-order valence-corrected chi connectivity index (χ1v) is 6.45. The van der Waals surface area contributed by atoms with Crippen LogP contribution in [-0.4, -0.2) is 12.1 Å². The summed E-state index contributed by atoms with van der Waals surface area (Å²) >= 11 is 0. The van der Waals surface area contributed by atoms with Crippen LogP contribution in [-0.2, 0) is 5.41 Å². The van der Waals surface area contributed by atoms with E-state index in [0.29, 0.717) is 11.5 Å². The maximum absolute atomic E-state index is 13.9. The van der Waals surface area contributed by atoms with Gasteiger partial charge in [-0.1, -0.05) is 13.0 Å². The van der Waals surface area contributed by atoms with Crippen LogP contribution in [0.25, 0.3) is 0 Å². The van der Waals surface area contributed by atoms with Gasteiger partial charge in [-0.3, -0.25) is 0 Å². The molecule has 1 nitrogen and oxygen atoms in total. The minimum Gasteiger partial charge on any atom is -0.311 e. The summed E-state index contributed by atoms with van der Waals surface area (Å²) < 4.78 is 26.9. The van der Waals surface area contributed by atoms with Crippen LogP contribution in [0.15, 0.2) is 18.2 Å². The van der Waals surface area contributed by atoms with E-state index in [2.05, 4.69) is 33.0 Å². The molecule has 1 fully saturated rings. The van der Waals surface area contributed by atoms with Crippen molar-refractivity contribution in [3.05, 3.63) is 35.4 Å². The molecule has 0 bridgehead atoms. The molecule has 2 atom stereocenters. The molecule has 1 aliphatic rings. The smallest absolute Gasteiger partial charge is 0.129 e. The lowest BCUT2D eigenvalue weighted by Crippen LogP contribution is -2.41. The molecule has 2 rings (SSSR count). The molecular formula is C15H21F2N. The summed E-state index contributed by atoms with van der Waals surface area (Å²) in [6.07, 6.45) is 0.957. The average molecular weight is 253 g/mol. The zero-order valence-corrected chi connectivity index (χ0v) is 11.5. The molecule has 0 aromatic heterocycles. The van der Waals surface area contributed by atoms with Gasteiger partial charge in [0.05, 0.1) is 0 Å². The predicted molar refractivity (Wildman–Crippen MR) is 69.6 cm³/mol. The highest BCUT2D eigenvalue weighted by Gasteiger charge is 2.53. The number of nitrogens with one attached hydrogen (secondary N) is 1. The molecule has 0 heterocycles. The van der Waals surface area contributed by atoms with Crippen molar-refractivity contribution in [1.29, 1.82) is 0 Å². The van der Waals surface area contributed by atoms with Crippen LogP contribution >= 0.6 is 0 Å². The van der Waals surface area contributed by atoms with Gasteiger partial charge in [-0.15, -0.1) is 0 Å². The highest BCUT2D eigenvalue weighted by atomic mass is 19.1. The van der Waals surface area contributed by atoms with Gasteiger partial charge in [0.1, 0.15) is 11.6 Å². The first-order chi connectivity index (χ1) is 8.24. The van der Waals surface area contributed by atoms with Crippen LogP contribution in [0.4, 0.5) is 8.78 Å². The lowest BCUT2D eigenvalue weighted by molar-refractivity contribution is 0.386. The normalized spacial score (nSPS) is 27.3. The average Bonchev–Trinajstić information content (AvgIpc) is 2.86. The van der Waals surface area contributed by atoms with Gasteiger partial charge in [-0.2, -0.15) is 0 Å². The topological polar surface area (TPSA) is 12.0 Å². The second-order valence-corrected chi connectivity index (χ2v) is 6.49. The highest BCUT2D eigenvalue weighted by Crippen LogP contribution is 2.54. The van der Waals surface area contributed by atoms with Gasteiger partial charge in [0.25, 0.3) is 0 Å². The Morgan fingerprint density at radius 2 is 1.94 bits per heavy atom. The Balaban J connectivity index is 2.23. The van der Waals surface area contributed by atoms with Crippen molar-refractivity contribution in [2.24, 2.45) is 5.92 Å². The van der Waals surface area contributed by atoms with Crippen molar-refractivity contribution in [3.63, 3.8) is 0 Å². The van der Waals surface area contributed by atoms with E-state index in [4.69, 9.17) is 0 Å². The lowest BCUT2D eigenvalue weighted by Gasteiger charge is -2.26. The number of halogens is 2. The minimum absolute atomic E-state index is 0.00577. The van der Waals surface area contributed by atoms with Crippen LogP contribution in [0, 0.1) is 17.6 Å². The quantitative estimate of drug-likeness (QED) is 0.867. The van der Waals surface area contributed by atoms with Crippen LogP contribution < -0.4 is 5.32 Å². The van der Waals surface area contributed by atoms with Crippen molar-refractivity contribution in [2.75, 3.05) is 6.54 Å². The molecule has 1 saturated carbocycles. The molecular weight excluding hydrogens is 232 g/mol. The second-order valence-electron chi connectivity index (χ2n) is 6.49. The third kappa shape index (κ3) is 2.56. The summed E-state index contributed by atoms with van der Waals surface area (Å²) in [5.41, 5.74) is 0.491. The Bertz CT molecular complexity index is 450. The molecule has 18 heavy (non-hydrogen) atoms. The van der Waals surface area contributed by atoms with Gasteiger partial charge in [0.15, 0.2) is 0 Å². The van der Waals surface area contributed by atoms with E-state index < -0.39 is 11.6 Å². The zero-order valence-electron chi connectivity index (χ0n) is 11.5. The maximum Gasteiger partial charge on any atom is 0.129 e. The lowest BCUT2D eigenvalue weighted by atomic mass is 9.91. The Kier molecular flexibility index (Phi) is 3.22. The van der Waals surface area contributed by atoms with Crippen LogP contribution in [0.5, 0.6) is 0 Å². The Labute approximate surface area is 108 Å². The molecule has 100 valence electrons. The molecule has 0 aliphatic heterocycles. The standard InChI is InChI=1S/C15H21F2N/c1-10-8-15(10,9-18-14(2,3)4)12-6-5-11(16)7-13(12)17/h5-7,10,18H,8-9H2,1-4H3. The summed E-state index contributed by atoms with van der Waals surface area (Å²) in [4.78, 5) is 0. The van der Waals surface area contributed by atoms with Crippen LogP contribution in [0.3, 0.4) is 0 Å². The molecule has 0 radical (unpaired) electrons. The third-order valence-electron chi connectivity index (χ3n) is 3.86. The summed E-state index contributed by atoms with van der Waals surface area (Å²) in [5, 5.41) is 3.43. The van der Waals surface area contributed by atoms with Crippen LogP contribution in [0.1, 0.15) is 39.7 Å². The molecule has 1 aromatic carbocycles. The van der Waals surface area contributed by atoms with Gasteiger partial charge in [-0.25, -0.2) is 8.78 Å². The first-order valence-electron chi connectivity index (χ1n) is 6.45. The Morgan fingerprint density at radius 3 is 2.39 bits per heavy atom. The highest BCUT2D eigenvalue weighted by molar-refractivity contribution is 5.35. The molecule has 2 unspecified atom stereocenters. The number of rotatable bonds is 3. The van der Waals surface area contributed by atoms with E-state index in [0.717, 1.165) is 19.0 Å². The summed E-state index contributed by atoms with van der Waals surface area (Å²) in [6, 6.07) is 3.93. The van der Waals surface area contributed by atoms with E-state index in [1.807, 2.05) is 0 Å². The van der Waals surface area contributed by atoms with E-state index >= 15 is 0 Å². The van der Waals surface area contributed by atoms with Gasteiger partial charge in [-0.05, 0) is 44.7 Å². The van der Waals surface area contributed by atoms with Gasteiger partial charge in [0, 0.05) is 23.6 Å². The Morgan fingerprint density at radius 1 is 1.33 bits per heavy atom. The van der Waals surface area contributed by atoms with E-state index in [1.165, 1.54) is 6.07 Å². The predicted octanol–water partition coefficient (Wildman–Crippen LogP) is 3.63. The first kappa shape index (κ1) is 13.5. The van der Waals surface area contributed by atoms with Gasteiger partial charge >= 0.3 is 0 Å². The number of hydrogen-bond donors (Lipinski definition) is 1. The second kappa shape index (κ2) is 4.30. The molecule has 1 aromatic rings. The molecule has 0 amide bonds. The SMILES string of the molecule is CC1CC1(CNC(C)(C)C)c1ccc(F)cc1F. The zero-order chi connectivity index (χ0) is 13.6. The minimum atomic E-state index is -0.511. The third-order valence-corrected chi connectivity index (χ3v) is 3.86. The van der Waals surface area contributed by atoms with Crippen molar-refractivity contribution in [1.82, 2.24) is 5.32 Å². The van der Waals surface area contributed by atoms with Crippen molar-refractivity contribution in [3.8, 4) is 0 Å². The van der Waals surface area contributed by atoms with Crippen LogP contribution in [0.2, 0.25) is 0 Å². The molecule has 1 aliphatic carbocycles. The summed E-state index contributed by atoms with van der Waals surface area (Å²) in [5.74, 6) is -0.495. The Hall–Kier alpha value is -0.960. The fourth-order valence-corrected chi connectivity index (χ4v) is 2.52. The van der Waals surface area contributed by atoms with E-state index in [9.17, 15) is 8.78 Å². The summed E-state index contributed by atoms with van der Waals surface area (Å²) in [6.45, 7) is 9.13. The largest absolute Gasteiger partial charge is 0.311 e. The van der Waals surface area contributed by atoms with E-state index in [-0.39, 0.29) is 11.0 Å². The van der Waals surface area contributed by atoms with Crippen molar-refractivity contribution >= 4 is 0 Å². The van der Waals surface area contributed by atoms with Crippen molar-refractivity contribution in [2.45, 2.75) is 45.1 Å². The fourth-order valence-electron chi connectivity index (χ4n) is 2.52. The molecule has 0 saturated heterocycles. The number of hydrogen-bond acceptors (Lipinski definition) is 1. The summed E-state index contributed by atoms with van der Waals surface area (Å²) in [7, 11) is 0. The van der Waals surface area contributed by atoms with Crippen molar-refractivity contribution < 1.29 is 8.78 Å². The maximum atomic E-state index is 13.9. The monoisotopic (exact) mass is 253 g/mol. The number of benzene rings is 1. The molecule has 1 N–H and O–H groups in total. The van der Waals surface area contributed by atoms with Gasteiger partial charge in [0.2, 0.25) is 0 Å². The molecule has 3 heteroatoms. The van der Waals surface area contributed by atoms with E-state index in [1.54, 1.807) is 6.07 Å². The fraction of sp³-hybridized carbons (Fsp3) is 0.600. The molecule has 0 spiro atoms. The van der Waals surface area contributed by atoms with Gasteiger partial charge < -0.3 is 5.32 Å².